The molecule has 0 aromatic carbocycles. The maximum absolute atomic E-state index is 4.45. The number of hydrogen-bond acceptors (Lipinski definition) is 3. The topological polar surface area (TPSA) is 57.8 Å². The molecular weight excluding hydrogens is 288 g/mol. The molecule has 0 radical (unpaired) electrons. The molecule has 0 saturated carbocycles. The second-order valence-electron chi connectivity index (χ2n) is 6.62. The first kappa shape index (κ1) is 15.8. The van der Waals surface area contributed by atoms with Gasteiger partial charge in [0.1, 0.15) is 5.82 Å². The lowest BCUT2D eigenvalue weighted by molar-refractivity contribution is 0.208. The third-order valence-corrected chi connectivity index (χ3v) is 4.40. The minimum Gasteiger partial charge on any atom is -0.356 e. The van der Waals surface area contributed by atoms with Crippen molar-refractivity contribution in [2.45, 2.75) is 26.7 Å². The van der Waals surface area contributed by atoms with Crippen LogP contribution in [0, 0.1) is 11.8 Å². The van der Waals surface area contributed by atoms with E-state index in [0.717, 1.165) is 55.3 Å². The first-order valence-corrected chi connectivity index (χ1v) is 8.41. The maximum atomic E-state index is 4.45. The maximum Gasteiger partial charge on any atom is 0.193 e. The first-order chi connectivity index (χ1) is 11.2. The van der Waals surface area contributed by atoms with Crippen molar-refractivity contribution in [2.75, 3.05) is 26.7 Å². The normalized spacial score (nSPS) is 22.6. The molecule has 0 spiro atoms. The minimum absolute atomic E-state index is 0.720. The number of guanidine groups is 1. The largest absolute Gasteiger partial charge is 0.356 e. The molecule has 1 aliphatic heterocycles. The highest BCUT2D eigenvalue weighted by atomic mass is 15.3. The van der Waals surface area contributed by atoms with E-state index in [1.807, 2.05) is 35.8 Å². The first-order valence-electron chi connectivity index (χ1n) is 8.41. The molecule has 0 bridgehead atoms. The summed E-state index contributed by atoms with van der Waals surface area (Å²) in [5.41, 5.74) is 0.894. The summed E-state index contributed by atoms with van der Waals surface area (Å²) < 4.78 is 2.04. The lowest BCUT2D eigenvalue weighted by atomic mass is 9.92. The predicted molar refractivity (Wildman–Crippen MR) is 92.6 cm³/mol. The van der Waals surface area contributed by atoms with Crippen LogP contribution in [-0.2, 0) is 6.42 Å². The lowest BCUT2D eigenvalue weighted by Crippen LogP contribution is -2.48. The summed E-state index contributed by atoms with van der Waals surface area (Å²) in [6.45, 7) is 7.61. The van der Waals surface area contributed by atoms with Gasteiger partial charge in [0.2, 0.25) is 0 Å². The number of rotatable bonds is 3. The fourth-order valence-electron chi connectivity index (χ4n) is 3.52. The molecule has 124 valence electrons. The zero-order valence-corrected chi connectivity index (χ0v) is 14.2. The summed E-state index contributed by atoms with van der Waals surface area (Å²) >= 11 is 0. The predicted octanol–water partition coefficient (Wildman–Crippen LogP) is 1.83. The average Bonchev–Trinajstić information content (AvgIpc) is 2.94. The van der Waals surface area contributed by atoms with Crippen LogP contribution in [0.2, 0.25) is 0 Å². The molecule has 1 fully saturated rings. The Hall–Kier alpha value is -2.11. The average molecular weight is 314 g/mol. The molecule has 23 heavy (non-hydrogen) atoms. The van der Waals surface area contributed by atoms with Crippen molar-refractivity contribution >= 4 is 11.6 Å². The lowest BCUT2D eigenvalue weighted by Gasteiger charge is -2.37. The van der Waals surface area contributed by atoms with Gasteiger partial charge in [0.25, 0.3) is 0 Å². The number of aromatic nitrogens is 3. The van der Waals surface area contributed by atoms with E-state index in [2.05, 4.69) is 39.3 Å². The Bertz CT molecular complexity index is 667. The van der Waals surface area contributed by atoms with E-state index in [0.29, 0.717) is 0 Å². The monoisotopic (exact) mass is 314 g/mol. The summed E-state index contributed by atoms with van der Waals surface area (Å²) in [4.78, 5) is 6.83. The van der Waals surface area contributed by atoms with Crippen LogP contribution in [0.15, 0.2) is 29.4 Å². The molecule has 1 saturated heterocycles. The number of piperidine rings is 1. The zero-order chi connectivity index (χ0) is 16.2. The Morgan fingerprint density at radius 1 is 1.26 bits per heavy atom. The summed E-state index contributed by atoms with van der Waals surface area (Å²) in [5, 5.41) is 11.9. The van der Waals surface area contributed by atoms with Crippen LogP contribution >= 0.6 is 0 Å². The highest BCUT2D eigenvalue weighted by Crippen LogP contribution is 2.20. The van der Waals surface area contributed by atoms with Crippen LogP contribution in [0.25, 0.3) is 5.65 Å². The second-order valence-corrected chi connectivity index (χ2v) is 6.62. The minimum atomic E-state index is 0.720. The van der Waals surface area contributed by atoms with Crippen LogP contribution in [0.1, 0.15) is 26.1 Å². The van der Waals surface area contributed by atoms with Gasteiger partial charge in [-0.3, -0.25) is 9.39 Å². The van der Waals surface area contributed by atoms with Gasteiger partial charge in [0.05, 0.1) is 0 Å². The van der Waals surface area contributed by atoms with Gasteiger partial charge in [0.15, 0.2) is 11.6 Å². The number of pyridine rings is 1. The van der Waals surface area contributed by atoms with E-state index in [1.165, 1.54) is 6.42 Å². The van der Waals surface area contributed by atoms with E-state index >= 15 is 0 Å². The number of likely N-dealkylation sites (tertiary alicyclic amines) is 1. The van der Waals surface area contributed by atoms with Crippen molar-refractivity contribution in [1.82, 2.24) is 24.8 Å². The van der Waals surface area contributed by atoms with Gasteiger partial charge < -0.3 is 10.2 Å². The standard InChI is InChI=1S/C17H26N6/c1-13-10-14(2)12-22(11-13)17(18-3)19-8-7-16-21-20-15-6-4-5-9-23(15)16/h4-6,9,13-14H,7-8,10-12H2,1-3H3,(H,18,19). The quantitative estimate of drug-likeness (QED) is 0.693. The summed E-state index contributed by atoms with van der Waals surface area (Å²) in [7, 11) is 1.86. The molecule has 2 atom stereocenters. The Kier molecular flexibility index (Phi) is 4.79. The van der Waals surface area contributed by atoms with Gasteiger partial charge in [0, 0.05) is 39.3 Å². The van der Waals surface area contributed by atoms with Crippen LogP contribution in [0.4, 0.5) is 0 Å². The molecule has 0 aliphatic carbocycles. The van der Waals surface area contributed by atoms with E-state index in [4.69, 9.17) is 0 Å². The molecule has 1 aliphatic rings. The van der Waals surface area contributed by atoms with Gasteiger partial charge in [-0.2, -0.15) is 0 Å². The third kappa shape index (κ3) is 3.63. The van der Waals surface area contributed by atoms with Crippen molar-refractivity contribution in [3.8, 4) is 0 Å². The van der Waals surface area contributed by atoms with Crippen LogP contribution < -0.4 is 5.32 Å². The third-order valence-electron chi connectivity index (χ3n) is 4.40. The van der Waals surface area contributed by atoms with Crippen molar-refractivity contribution in [3.63, 3.8) is 0 Å². The number of hydrogen-bond donors (Lipinski definition) is 1. The van der Waals surface area contributed by atoms with Gasteiger partial charge in [-0.05, 0) is 30.4 Å². The number of nitrogens with zero attached hydrogens (tertiary/aromatic N) is 5. The summed E-state index contributed by atoms with van der Waals surface area (Å²) in [5.74, 6) is 3.41. The molecule has 2 unspecified atom stereocenters. The fourth-order valence-corrected chi connectivity index (χ4v) is 3.52. The highest BCUT2D eigenvalue weighted by molar-refractivity contribution is 5.80. The number of fused-ring (bicyclic) bond motifs is 1. The van der Waals surface area contributed by atoms with Crippen molar-refractivity contribution in [3.05, 3.63) is 30.2 Å². The van der Waals surface area contributed by atoms with E-state index < -0.39 is 0 Å². The van der Waals surface area contributed by atoms with Crippen molar-refractivity contribution < 1.29 is 0 Å². The van der Waals surface area contributed by atoms with Crippen LogP contribution in [0.3, 0.4) is 0 Å². The smallest absolute Gasteiger partial charge is 0.193 e. The number of aliphatic imine (C=N–C) groups is 1. The Morgan fingerprint density at radius 3 is 2.78 bits per heavy atom. The SMILES string of the molecule is CN=C(NCCc1nnc2ccccn12)N1CC(C)CC(C)C1. The van der Waals surface area contributed by atoms with Gasteiger partial charge >= 0.3 is 0 Å². The Balaban J connectivity index is 1.58. The van der Waals surface area contributed by atoms with Crippen LogP contribution in [0.5, 0.6) is 0 Å². The molecule has 3 rings (SSSR count). The van der Waals surface area contributed by atoms with Crippen molar-refractivity contribution in [1.29, 1.82) is 0 Å². The van der Waals surface area contributed by atoms with Gasteiger partial charge in [-0.25, -0.2) is 0 Å². The second kappa shape index (κ2) is 6.98. The molecular formula is C17H26N6. The molecule has 1 N–H and O–H groups in total. The highest BCUT2D eigenvalue weighted by Gasteiger charge is 2.23. The van der Waals surface area contributed by atoms with E-state index in [1.54, 1.807) is 0 Å². The molecule has 3 heterocycles. The molecule has 2 aromatic heterocycles. The summed E-state index contributed by atoms with van der Waals surface area (Å²) in [6.07, 6.45) is 4.13. The van der Waals surface area contributed by atoms with Crippen LogP contribution in [-0.4, -0.2) is 52.1 Å². The Labute approximate surface area is 137 Å². The van der Waals surface area contributed by atoms with Gasteiger partial charge in [-0.1, -0.05) is 19.9 Å². The zero-order valence-electron chi connectivity index (χ0n) is 14.2. The molecule has 6 nitrogen and oxygen atoms in total. The Morgan fingerprint density at radius 2 is 2.04 bits per heavy atom. The van der Waals surface area contributed by atoms with Gasteiger partial charge in [-0.15, -0.1) is 10.2 Å². The van der Waals surface area contributed by atoms with E-state index in [-0.39, 0.29) is 0 Å². The summed E-state index contributed by atoms with van der Waals surface area (Å²) in [6, 6.07) is 5.95. The molecule has 2 aromatic rings. The van der Waals surface area contributed by atoms with E-state index in [9.17, 15) is 0 Å². The molecule has 0 amide bonds. The fraction of sp³-hybridized carbons (Fsp3) is 0.588. The molecule has 6 heteroatoms. The number of nitrogens with one attached hydrogen (secondary N) is 1. The van der Waals surface area contributed by atoms with Crippen molar-refractivity contribution in [2.24, 2.45) is 16.8 Å².